The number of nitrogens with two attached hydrogens (primary N) is 1. The minimum Gasteiger partial charge on any atom is -0.399 e. The number of ether oxygens (including phenoxy) is 1. The molecule has 0 radical (unpaired) electrons. The van der Waals surface area contributed by atoms with Gasteiger partial charge < -0.3 is 10.5 Å². The van der Waals surface area contributed by atoms with E-state index in [-0.39, 0.29) is 0 Å². The van der Waals surface area contributed by atoms with E-state index >= 15 is 0 Å². The molecule has 1 aromatic rings. The van der Waals surface area contributed by atoms with Crippen LogP contribution < -0.4 is 5.73 Å². The molecule has 0 saturated carbocycles. The quantitative estimate of drug-likeness (QED) is 0.859. The molecule has 2 heterocycles. The molecule has 2 aliphatic rings. The van der Waals surface area contributed by atoms with E-state index in [1.54, 1.807) is 0 Å². The van der Waals surface area contributed by atoms with Crippen LogP contribution in [0.3, 0.4) is 0 Å². The number of piperidine rings is 1. The first-order chi connectivity index (χ1) is 10.3. The van der Waals surface area contributed by atoms with Crippen molar-refractivity contribution in [2.24, 2.45) is 5.92 Å². The van der Waals surface area contributed by atoms with Crippen molar-refractivity contribution in [1.29, 1.82) is 0 Å². The van der Waals surface area contributed by atoms with Gasteiger partial charge in [0.2, 0.25) is 0 Å². The second-order valence-electron chi connectivity index (χ2n) is 6.38. The first-order valence-corrected chi connectivity index (χ1v) is 8.16. The fourth-order valence-corrected chi connectivity index (χ4v) is 3.43. The van der Waals surface area contributed by atoms with Crippen LogP contribution in [-0.4, -0.2) is 55.7 Å². The Labute approximate surface area is 127 Å². The van der Waals surface area contributed by atoms with Gasteiger partial charge in [0.25, 0.3) is 0 Å². The molecular weight excluding hydrogens is 262 g/mol. The Morgan fingerprint density at radius 2 is 1.81 bits per heavy atom. The fraction of sp³-hybridized carbons (Fsp3) is 0.647. The maximum absolute atomic E-state index is 5.86. The number of nitrogen functional groups attached to an aromatic ring is 1. The van der Waals surface area contributed by atoms with E-state index in [1.165, 1.54) is 38.0 Å². The molecule has 0 amide bonds. The van der Waals surface area contributed by atoms with Crippen molar-refractivity contribution in [2.75, 3.05) is 51.7 Å². The van der Waals surface area contributed by atoms with Crippen molar-refractivity contribution in [3.8, 4) is 0 Å². The Morgan fingerprint density at radius 3 is 2.52 bits per heavy atom. The molecule has 0 atom stereocenters. The van der Waals surface area contributed by atoms with Gasteiger partial charge in [0, 0.05) is 31.9 Å². The largest absolute Gasteiger partial charge is 0.399 e. The van der Waals surface area contributed by atoms with Crippen LogP contribution in [0.1, 0.15) is 18.4 Å². The lowest BCUT2D eigenvalue weighted by atomic mass is 9.95. The zero-order valence-corrected chi connectivity index (χ0v) is 12.8. The van der Waals surface area contributed by atoms with Crippen LogP contribution in [-0.2, 0) is 11.3 Å². The molecule has 116 valence electrons. The van der Waals surface area contributed by atoms with Gasteiger partial charge in [0.05, 0.1) is 13.2 Å². The van der Waals surface area contributed by atoms with Gasteiger partial charge in [-0.3, -0.25) is 9.80 Å². The van der Waals surface area contributed by atoms with E-state index < -0.39 is 0 Å². The van der Waals surface area contributed by atoms with Gasteiger partial charge in [0.15, 0.2) is 0 Å². The van der Waals surface area contributed by atoms with Gasteiger partial charge in [-0.25, -0.2) is 0 Å². The van der Waals surface area contributed by atoms with Gasteiger partial charge in [-0.2, -0.15) is 0 Å². The summed E-state index contributed by atoms with van der Waals surface area (Å²) in [6.07, 6.45) is 2.64. The highest BCUT2D eigenvalue weighted by Gasteiger charge is 2.22. The third-order valence-electron chi connectivity index (χ3n) is 4.68. The van der Waals surface area contributed by atoms with Crippen LogP contribution in [0.5, 0.6) is 0 Å². The molecule has 3 rings (SSSR count). The zero-order valence-electron chi connectivity index (χ0n) is 12.8. The molecule has 2 saturated heterocycles. The maximum atomic E-state index is 5.86. The van der Waals surface area contributed by atoms with Crippen LogP contribution in [0, 0.1) is 5.92 Å². The zero-order chi connectivity index (χ0) is 14.5. The summed E-state index contributed by atoms with van der Waals surface area (Å²) >= 11 is 0. The predicted octanol–water partition coefficient (Wildman–Crippen LogP) is 1.81. The van der Waals surface area contributed by atoms with Crippen LogP contribution in [0.2, 0.25) is 0 Å². The number of hydrogen-bond donors (Lipinski definition) is 1. The Balaban J connectivity index is 1.42. The average molecular weight is 289 g/mol. The lowest BCUT2D eigenvalue weighted by molar-refractivity contribution is 0.0242. The predicted molar refractivity (Wildman–Crippen MR) is 86.1 cm³/mol. The van der Waals surface area contributed by atoms with E-state index in [1.807, 2.05) is 6.07 Å². The van der Waals surface area contributed by atoms with Crippen molar-refractivity contribution in [1.82, 2.24) is 9.80 Å². The lowest BCUT2D eigenvalue weighted by Gasteiger charge is -2.36. The number of rotatable bonds is 4. The molecule has 0 unspecified atom stereocenters. The van der Waals surface area contributed by atoms with Crippen LogP contribution in [0.15, 0.2) is 24.3 Å². The SMILES string of the molecule is Nc1cccc(CN2CCC(CN3CCOCC3)CC2)c1. The highest BCUT2D eigenvalue weighted by molar-refractivity contribution is 5.40. The van der Waals surface area contributed by atoms with Gasteiger partial charge in [0.1, 0.15) is 0 Å². The molecule has 0 spiro atoms. The summed E-state index contributed by atoms with van der Waals surface area (Å²) in [5, 5.41) is 0. The summed E-state index contributed by atoms with van der Waals surface area (Å²) in [4.78, 5) is 5.13. The van der Waals surface area contributed by atoms with Crippen molar-refractivity contribution >= 4 is 5.69 Å². The molecule has 0 aliphatic carbocycles. The number of morpholine rings is 1. The minimum atomic E-state index is 0.861. The van der Waals surface area contributed by atoms with Gasteiger partial charge in [-0.1, -0.05) is 12.1 Å². The van der Waals surface area contributed by atoms with Crippen LogP contribution in [0.4, 0.5) is 5.69 Å². The van der Waals surface area contributed by atoms with Crippen molar-refractivity contribution in [3.05, 3.63) is 29.8 Å². The van der Waals surface area contributed by atoms with Crippen molar-refractivity contribution < 1.29 is 4.74 Å². The van der Waals surface area contributed by atoms with E-state index in [9.17, 15) is 0 Å². The summed E-state index contributed by atoms with van der Waals surface area (Å²) in [5.41, 5.74) is 8.06. The molecule has 4 nitrogen and oxygen atoms in total. The maximum Gasteiger partial charge on any atom is 0.0594 e. The van der Waals surface area contributed by atoms with E-state index in [0.717, 1.165) is 44.5 Å². The molecule has 0 aromatic heterocycles. The number of hydrogen-bond acceptors (Lipinski definition) is 4. The standard InChI is InChI=1S/C17H27N3O/c18-17-3-1-2-16(12-17)14-19-6-4-15(5-7-19)13-20-8-10-21-11-9-20/h1-3,12,15H,4-11,13-14,18H2. The highest BCUT2D eigenvalue weighted by Crippen LogP contribution is 2.21. The van der Waals surface area contributed by atoms with Gasteiger partial charge in [-0.15, -0.1) is 0 Å². The van der Waals surface area contributed by atoms with E-state index in [0.29, 0.717) is 0 Å². The summed E-state index contributed by atoms with van der Waals surface area (Å²) < 4.78 is 5.42. The fourth-order valence-electron chi connectivity index (χ4n) is 3.43. The summed E-state index contributed by atoms with van der Waals surface area (Å²) in [6.45, 7) is 8.77. The Bertz CT molecular complexity index is 437. The minimum absolute atomic E-state index is 0.861. The topological polar surface area (TPSA) is 41.7 Å². The van der Waals surface area contributed by atoms with Crippen molar-refractivity contribution in [2.45, 2.75) is 19.4 Å². The number of anilines is 1. The normalized spacial score (nSPS) is 22.5. The van der Waals surface area contributed by atoms with Gasteiger partial charge in [-0.05, 0) is 49.5 Å². The molecule has 2 fully saturated rings. The third-order valence-corrected chi connectivity index (χ3v) is 4.68. The lowest BCUT2D eigenvalue weighted by Crippen LogP contribution is -2.42. The summed E-state index contributed by atoms with van der Waals surface area (Å²) in [7, 11) is 0. The first kappa shape index (κ1) is 14.8. The number of nitrogens with zero attached hydrogens (tertiary/aromatic N) is 2. The molecule has 2 N–H and O–H groups in total. The van der Waals surface area contributed by atoms with Gasteiger partial charge >= 0.3 is 0 Å². The molecule has 0 bridgehead atoms. The smallest absolute Gasteiger partial charge is 0.0594 e. The Hall–Kier alpha value is -1.10. The Kier molecular flexibility index (Phi) is 5.12. The molecular formula is C17H27N3O. The second kappa shape index (κ2) is 7.25. The van der Waals surface area contributed by atoms with Crippen molar-refractivity contribution in [3.63, 3.8) is 0 Å². The van der Waals surface area contributed by atoms with Crippen LogP contribution >= 0.6 is 0 Å². The molecule has 1 aromatic carbocycles. The summed E-state index contributed by atoms with van der Waals surface area (Å²) in [6, 6.07) is 8.28. The molecule has 2 aliphatic heterocycles. The Morgan fingerprint density at radius 1 is 1.05 bits per heavy atom. The molecule has 4 heteroatoms. The molecule has 21 heavy (non-hydrogen) atoms. The van der Waals surface area contributed by atoms with Crippen LogP contribution in [0.25, 0.3) is 0 Å². The van der Waals surface area contributed by atoms with E-state index in [4.69, 9.17) is 10.5 Å². The average Bonchev–Trinajstić information content (AvgIpc) is 2.50. The highest BCUT2D eigenvalue weighted by atomic mass is 16.5. The monoisotopic (exact) mass is 289 g/mol. The number of benzene rings is 1. The second-order valence-corrected chi connectivity index (χ2v) is 6.38. The first-order valence-electron chi connectivity index (χ1n) is 8.16. The van der Waals surface area contributed by atoms with E-state index in [2.05, 4.69) is 28.0 Å². The summed E-state index contributed by atoms with van der Waals surface area (Å²) in [5.74, 6) is 0.861. The third kappa shape index (κ3) is 4.43. The number of likely N-dealkylation sites (tertiary alicyclic amines) is 1.